The standard InChI is InChI=1S/C19H18N2O5S2/c1-4-26-17(24)9-5-7-10(8-6-9)21-15(22)11-12(16(21)23)27-14-13(19(11,2)3)28-18(25)20-14/h5-8,11-12H,4H2,1-3H3,(H,20,25). The number of carbonyl (C=O) groups excluding carboxylic acids is 3. The van der Waals surface area contributed by atoms with Gasteiger partial charge in [0, 0.05) is 10.3 Å². The fourth-order valence-electron chi connectivity index (χ4n) is 3.76. The van der Waals surface area contributed by atoms with Gasteiger partial charge in [0.1, 0.15) is 5.25 Å². The Morgan fingerprint density at radius 3 is 2.50 bits per heavy atom. The Kier molecular flexibility index (Phi) is 4.46. The first-order valence-electron chi connectivity index (χ1n) is 8.81. The maximum absolute atomic E-state index is 13.2. The van der Waals surface area contributed by atoms with Crippen LogP contribution in [0.2, 0.25) is 0 Å². The summed E-state index contributed by atoms with van der Waals surface area (Å²) in [6.07, 6.45) is 0. The van der Waals surface area contributed by atoms with Gasteiger partial charge in [-0.25, -0.2) is 9.69 Å². The van der Waals surface area contributed by atoms with Gasteiger partial charge in [0.25, 0.3) is 0 Å². The van der Waals surface area contributed by atoms with Gasteiger partial charge in [-0.2, -0.15) is 0 Å². The number of benzene rings is 1. The van der Waals surface area contributed by atoms with Crippen LogP contribution in [0, 0.1) is 5.92 Å². The van der Waals surface area contributed by atoms with Crippen LogP contribution in [0.3, 0.4) is 0 Å². The summed E-state index contributed by atoms with van der Waals surface area (Å²) in [7, 11) is 0. The Hall–Kier alpha value is -2.39. The van der Waals surface area contributed by atoms with Gasteiger partial charge in [-0.05, 0) is 31.2 Å². The Bertz CT molecular complexity index is 1040. The lowest BCUT2D eigenvalue weighted by Gasteiger charge is -2.36. The van der Waals surface area contributed by atoms with E-state index in [-0.39, 0.29) is 23.3 Å². The minimum Gasteiger partial charge on any atom is -0.462 e. The lowest BCUT2D eigenvalue weighted by Crippen LogP contribution is -2.41. The van der Waals surface area contributed by atoms with Gasteiger partial charge in [-0.3, -0.25) is 14.4 Å². The number of carbonyl (C=O) groups is 3. The summed E-state index contributed by atoms with van der Waals surface area (Å²) in [5.41, 5.74) is 0.142. The number of hydrogen-bond donors (Lipinski definition) is 1. The highest BCUT2D eigenvalue weighted by molar-refractivity contribution is 8.00. The lowest BCUT2D eigenvalue weighted by molar-refractivity contribution is -0.123. The molecule has 1 aromatic carbocycles. The van der Waals surface area contributed by atoms with Gasteiger partial charge in [-0.1, -0.05) is 36.9 Å². The van der Waals surface area contributed by atoms with Gasteiger partial charge in [0.15, 0.2) is 0 Å². The first kappa shape index (κ1) is 18.9. The molecule has 146 valence electrons. The molecule has 1 saturated heterocycles. The monoisotopic (exact) mass is 418 g/mol. The number of fused-ring (bicyclic) bond motifs is 2. The second-order valence-corrected chi connectivity index (χ2v) is 9.32. The zero-order chi connectivity index (χ0) is 20.2. The molecule has 1 aromatic heterocycles. The fourth-order valence-corrected chi connectivity index (χ4v) is 6.54. The van der Waals surface area contributed by atoms with Crippen molar-refractivity contribution < 1.29 is 19.1 Å². The summed E-state index contributed by atoms with van der Waals surface area (Å²) >= 11 is 2.34. The van der Waals surface area contributed by atoms with Crippen LogP contribution in [-0.4, -0.2) is 34.6 Å². The molecular formula is C19H18N2O5S2. The number of amides is 2. The molecule has 9 heteroatoms. The topological polar surface area (TPSA) is 96.5 Å². The van der Waals surface area contributed by atoms with Crippen LogP contribution >= 0.6 is 23.1 Å². The maximum Gasteiger partial charge on any atom is 0.338 e. The molecule has 28 heavy (non-hydrogen) atoms. The molecular weight excluding hydrogens is 400 g/mol. The minimum atomic E-state index is -0.637. The van der Waals surface area contributed by atoms with E-state index in [1.54, 1.807) is 31.2 Å². The van der Waals surface area contributed by atoms with E-state index in [1.807, 2.05) is 13.8 Å². The first-order chi connectivity index (χ1) is 13.3. The molecule has 2 aliphatic rings. The highest BCUT2D eigenvalue weighted by Gasteiger charge is 2.59. The molecule has 2 amide bonds. The molecule has 2 unspecified atom stereocenters. The normalized spacial score (nSPS) is 22.8. The van der Waals surface area contributed by atoms with Crippen LogP contribution in [0.4, 0.5) is 5.69 Å². The number of aromatic amines is 1. The Morgan fingerprint density at radius 2 is 1.86 bits per heavy atom. The van der Waals surface area contributed by atoms with Crippen LogP contribution in [-0.2, 0) is 19.7 Å². The molecule has 2 atom stereocenters. The largest absolute Gasteiger partial charge is 0.462 e. The number of thioether (sulfide) groups is 1. The smallest absolute Gasteiger partial charge is 0.338 e. The predicted octanol–water partition coefficient (Wildman–Crippen LogP) is 2.55. The summed E-state index contributed by atoms with van der Waals surface area (Å²) in [6.45, 7) is 5.78. The van der Waals surface area contributed by atoms with E-state index in [0.29, 0.717) is 16.3 Å². The SMILES string of the molecule is CCOC(=O)c1ccc(N2C(=O)C3Sc4[nH]c(=O)sc4C(C)(C)C3C2=O)cc1. The maximum atomic E-state index is 13.2. The molecule has 2 aromatic rings. The Balaban J connectivity index is 1.69. The van der Waals surface area contributed by atoms with E-state index in [2.05, 4.69) is 4.98 Å². The van der Waals surface area contributed by atoms with Crippen LogP contribution in [0.5, 0.6) is 0 Å². The van der Waals surface area contributed by atoms with Crippen molar-refractivity contribution >= 4 is 46.6 Å². The number of esters is 1. The molecule has 0 saturated carbocycles. The van der Waals surface area contributed by atoms with Gasteiger partial charge < -0.3 is 9.72 Å². The second kappa shape index (κ2) is 6.59. The third-order valence-corrected chi connectivity index (χ3v) is 7.73. The van der Waals surface area contributed by atoms with E-state index in [1.165, 1.54) is 16.7 Å². The third kappa shape index (κ3) is 2.72. The number of ether oxygens (including phenoxy) is 1. The zero-order valence-corrected chi connectivity index (χ0v) is 17.1. The summed E-state index contributed by atoms with van der Waals surface area (Å²) < 4.78 is 4.96. The van der Waals surface area contributed by atoms with Gasteiger partial charge in [0.05, 0.1) is 28.8 Å². The quantitative estimate of drug-likeness (QED) is 0.608. The molecule has 1 N–H and O–H groups in total. The number of thiazole rings is 1. The van der Waals surface area contributed by atoms with E-state index in [4.69, 9.17) is 4.74 Å². The number of aromatic nitrogens is 1. The molecule has 7 nitrogen and oxygen atoms in total. The molecule has 3 heterocycles. The van der Waals surface area contributed by atoms with Crippen molar-refractivity contribution in [2.45, 2.75) is 36.5 Å². The van der Waals surface area contributed by atoms with Crippen molar-refractivity contribution in [2.24, 2.45) is 5.92 Å². The van der Waals surface area contributed by atoms with E-state index >= 15 is 0 Å². The molecule has 0 spiro atoms. The average Bonchev–Trinajstić information content (AvgIpc) is 3.14. The van der Waals surface area contributed by atoms with Gasteiger partial charge >= 0.3 is 10.8 Å². The predicted molar refractivity (Wildman–Crippen MR) is 106 cm³/mol. The number of H-pyrrole nitrogens is 1. The van der Waals surface area contributed by atoms with Crippen LogP contribution in [0.1, 0.15) is 36.0 Å². The molecule has 2 aliphatic heterocycles. The van der Waals surface area contributed by atoms with Crippen LogP contribution in [0.25, 0.3) is 0 Å². The summed E-state index contributed by atoms with van der Waals surface area (Å²) in [5.74, 6) is -1.61. The average molecular weight is 418 g/mol. The highest BCUT2D eigenvalue weighted by atomic mass is 32.2. The van der Waals surface area contributed by atoms with E-state index in [9.17, 15) is 19.2 Å². The van der Waals surface area contributed by atoms with Crippen molar-refractivity contribution in [1.29, 1.82) is 0 Å². The summed E-state index contributed by atoms with van der Waals surface area (Å²) in [5, 5.41) is 0.0758. The van der Waals surface area contributed by atoms with E-state index in [0.717, 1.165) is 16.2 Å². The summed E-state index contributed by atoms with van der Waals surface area (Å²) in [6, 6.07) is 6.24. The van der Waals surface area contributed by atoms with Crippen LogP contribution < -0.4 is 9.77 Å². The molecule has 1 fully saturated rings. The minimum absolute atomic E-state index is 0.183. The summed E-state index contributed by atoms with van der Waals surface area (Å²) in [4.78, 5) is 54.5. The Labute approximate surface area is 169 Å². The van der Waals surface area contributed by atoms with Gasteiger partial charge in [0.2, 0.25) is 11.8 Å². The van der Waals surface area contributed by atoms with Crippen molar-refractivity contribution in [3.05, 3.63) is 44.4 Å². The van der Waals surface area contributed by atoms with Gasteiger partial charge in [-0.15, -0.1) is 0 Å². The van der Waals surface area contributed by atoms with Crippen molar-refractivity contribution in [1.82, 2.24) is 4.98 Å². The highest BCUT2D eigenvalue weighted by Crippen LogP contribution is 2.53. The first-order valence-corrected chi connectivity index (χ1v) is 10.5. The number of nitrogens with zero attached hydrogens (tertiary/aromatic N) is 1. The van der Waals surface area contributed by atoms with Crippen molar-refractivity contribution in [3.63, 3.8) is 0 Å². The molecule has 0 aliphatic carbocycles. The molecule has 0 radical (unpaired) electrons. The number of imide groups is 1. The zero-order valence-electron chi connectivity index (χ0n) is 15.5. The Morgan fingerprint density at radius 1 is 1.18 bits per heavy atom. The fraction of sp³-hybridized carbons (Fsp3) is 0.368. The van der Waals surface area contributed by atoms with Crippen LogP contribution in [0.15, 0.2) is 34.1 Å². The molecule has 4 rings (SSSR count). The number of rotatable bonds is 3. The number of hydrogen-bond acceptors (Lipinski definition) is 7. The third-order valence-electron chi connectivity index (χ3n) is 5.11. The lowest BCUT2D eigenvalue weighted by atomic mass is 9.76. The van der Waals surface area contributed by atoms with E-state index < -0.39 is 22.6 Å². The van der Waals surface area contributed by atoms with Crippen molar-refractivity contribution in [3.8, 4) is 0 Å². The molecule has 0 bridgehead atoms. The van der Waals surface area contributed by atoms with Crippen molar-refractivity contribution in [2.75, 3.05) is 11.5 Å². The number of anilines is 1. The number of nitrogens with one attached hydrogen (secondary N) is 1. The second-order valence-electron chi connectivity index (χ2n) is 7.19.